The van der Waals surface area contributed by atoms with Gasteiger partial charge in [0.25, 0.3) is 5.56 Å². The molecule has 26 heavy (non-hydrogen) atoms. The van der Waals surface area contributed by atoms with Gasteiger partial charge in [0.2, 0.25) is 0 Å². The van der Waals surface area contributed by atoms with E-state index in [0.29, 0.717) is 16.1 Å². The molecule has 0 aliphatic heterocycles. The Morgan fingerprint density at radius 3 is 2.92 bits per heavy atom. The van der Waals surface area contributed by atoms with Crippen LogP contribution in [0, 0.1) is 17.6 Å². The maximum absolute atomic E-state index is 13.3. The molecular weight excluding hydrogens is 358 g/mol. The van der Waals surface area contributed by atoms with Crippen molar-refractivity contribution in [3.8, 4) is 0 Å². The van der Waals surface area contributed by atoms with Crippen molar-refractivity contribution in [2.75, 3.05) is 0 Å². The first-order valence-corrected chi connectivity index (χ1v) is 9.23. The highest BCUT2D eigenvalue weighted by Gasteiger charge is 2.23. The van der Waals surface area contributed by atoms with E-state index in [-0.39, 0.29) is 17.7 Å². The lowest BCUT2D eigenvalue weighted by atomic mass is 9.89. The number of hydrogen-bond donors (Lipinski definition) is 0. The van der Waals surface area contributed by atoms with E-state index in [1.807, 2.05) is 0 Å². The van der Waals surface area contributed by atoms with Gasteiger partial charge in [-0.25, -0.2) is 13.8 Å². The van der Waals surface area contributed by atoms with Crippen molar-refractivity contribution in [1.82, 2.24) is 9.55 Å². The average Bonchev–Trinajstić information content (AvgIpc) is 2.97. The average molecular weight is 374 g/mol. The van der Waals surface area contributed by atoms with Crippen molar-refractivity contribution in [2.45, 2.75) is 32.7 Å². The van der Waals surface area contributed by atoms with E-state index in [1.54, 1.807) is 11.3 Å². The first-order chi connectivity index (χ1) is 12.4. The van der Waals surface area contributed by atoms with Crippen molar-refractivity contribution in [2.24, 2.45) is 5.92 Å². The summed E-state index contributed by atoms with van der Waals surface area (Å²) in [5.41, 5.74) is 0.824. The molecule has 4 nitrogen and oxygen atoms in total. The van der Waals surface area contributed by atoms with E-state index in [4.69, 9.17) is 0 Å². The molecule has 7 heteroatoms. The van der Waals surface area contributed by atoms with E-state index in [0.717, 1.165) is 37.0 Å². The minimum Gasteiger partial charge on any atom is -0.292 e. The molecular formula is C19H16F2N2O2S. The fourth-order valence-electron chi connectivity index (χ4n) is 3.39. The highest BCUT2D eigenvalue weighted by atomic mass is 32.1. The molecule has 4 rings (SSSR count). The second-order valence-electron chi connectivity index (χ2n) is 6.76. The summed E-state index contributed by atoms with van der Waals surface area (Å²) in [5, 5.41) is 0.595. The third-order valence-corrected chi connectivity index (χ3v) is 6.00. The topological polar surface area (TPSA) is 52.0 Å². The predicted molar refractivity (Wildman–Crippen MR) is 95.8 cm³/mol. The van der Waals surface area contributed by atoms with Crippen molar-refractivity contribution >= 4 is 27.3 Å². The van der Waals surface area contributed by atoms with Gasteiger partial charge in [0.05, 0.1) is 18.3 Å². The number of fused-ring (bicyclic) bond motifs is 3. The number of Topliss-reactive ketones (excluding diaryl/α,β-unsaturated/α-hetero) is 1. The molecule has 0 radical (unpaired) electrons. The second-order valence-corrected chi connectivity index (χ2v) is 7.85. The lowest BCUT2D eigenvalue weighted by molar-refractivity contribution is 0.0970. The number of nitrogens with zero attached hydrogens (tertiary/aromatic N) is 2. The van der Waals surface area contributed by atoms with E-state index in [9.17, 15) is 18.4 Å². The molecule has 0 saturated carbocycles. The van der Waals surface area contributed by atoms with Gasteiger partial charge in [-0.2, -0.15) is 0 Å². The van der Waals surface area contributed by atoms with Gasteiger partial charge in [0.15, 0.2) is 17.4 Å². The zero-order valence-corrected chi connectivity index (χ0v) is 14.9. The zero-order chi connectivity index (χ0) is 18.4. The van der Waals surface area contributed by atoms with Gasteiger partial charge in [0.1, 0.15) is 4.83 Å². The second kappa shape index (κ2) is 6.39. The van der Waals surface area contributed by atoms with E-state index in [1.165, 1.54) is 21.8 Å². The number of hydrogen-bond acceptors (Lipinski definition) is 4. The van der Waals surface area contributed by atoms with Crippen molar-refractivity contribution in [3.63, 3.8) is 0 Å². The van der Waals surface area contributed by atoms with Crippen molar-refractivity contribution in [3.05, 3.63) is 62.5 Å². The fraction of sp³-hybridized carbons (Fsp3) is 0.316. The Labute approximate surface area is 152 Å². The lowest BCUT2D eigenvalue weighted by Crippen LogP contribution is -2.25. The van der Waals surface area contributed by atoms with Crippen molar-refractivity contribution in [1.29, 1.82) is 0 Å². The Hall–Kier alpha value is -2.41. The van der Waals surface area contributed by atoms with E-state index in [2.05, 4.69) is 11.9 Å². The Morgan fingerprint density at radius 1 is 1.35 bits per heavy atom. The smallest absolute Gasteiger partial charge is 0.262 e. The molecule has 0 amide bonds. The van der Waals surface area contributed by atoms with Crippen LogP contribution in [0.1, 0.15) is 34.1 Å². The SMILES string of the molecule is C[C@@H]1CCc2c(sc3ncn(CC(=O)c4ccc(F)c(F)c4)c(=O)c23)C1. The summed E-state index contributed by atoms with van der Waals surface area (Å²) in [7, 11) is 0. The summed E-state index contributed by atoms with van der Waals surface area (Å²) >= 11 is 1.54. The van der Waals surface area contributed by atoms with Crippen LogP contribution in [0.2, 0.25) is 0 Å². The largest absolute Gasteiger partial charge is 0.292 e. The summed E-state index contributed by atoms with van der Waals surface area (Å²) in [6, 6.07) is 2.97. The highest BCUT2D eigenvalue weighted by molar-refractivity contribution is 7.18. The van der Waals surface area contributed by atoms with Crippen LogP contribution < -0.4 is 5.56 Å². The monoisotopic (exact) mass is 374 g/mol. The maximum atomic E-state index is 13.3. The molecule has 2 heterocycles. The normalized spacial score (nSPS) is 16.7. The highest BCUT2D eigenvalue weighted by Crippen LogP contribution is 2.35. The number of aryl methyl sites for hydroxylation is 1. The quantitative estimate of drug-likeness (QED) is 0.656. The van der Waals surface area contributed by atoms with Gasteiger partial charge in [-0.05, 0) is 48.9 Å². The molecule has 0 fully saturated rings. The van der Waals surface area contributed by atoms with E-state index >= 15 is 0 Å². The fourth-order valence-corrected chi connectivity index (χ4v) is 4.74. The van der Waals surface area contributed by atoms with Gasteiger partial charge in [0, 0.05) is 10.4 Å². The molecule has 0 spiro atoms. The Kier molecular flexibility index (Phi) is 4.19. The van der Waals surface area contributed by atoms with Gasteiger partial charge in [-0.1, -0.05) is 6.92 Å². The summed E-state index contributed by atoms with van der Waals surface area (Å²) < 4.78 is 27.6. The molecule has 1 aliphatic carbocycles. The number of ketones is 1. The number of aromatic nitrogens is 2. The molecule has 1 aromatic carbocycles. The van der Waals surface area contributed by atoms with Crippen LogP contribution in [0.3, 0.4) is 0 Å². The maximum Gasteiger partial charge on any atom is 0.262 e. The number of carbonyl (C=O) groups excluding carboxylic acids is 1. The third-order valence-electron chi connectivity index (χ3n) is 4.84. The summed E-state index contributed by atoms with van der Waals surface area (Å²) in [4.78, 5) is 31.5. The standard InChI is InChI=1S/C19H16F2N2O2S/c1-10-2-4-12-16(6-10)26-18-17(12)19(25)23(9-22-18)8-15(24)11-3-5-13(20)14(21)7-11/h3,5,7,9-10H,2,4,6,8H2,1H3/t10-/m1/s1. The Balaban J connectivity index is 1.71. The summed E-state index contributed by atoms with van der Waals surface area (Å²) in [6.07, 6.45) is 4.17. The minimum atomic E-state index is -1.09. The van der Waals surface area contributed by atoms with Gasteiger partial charge < -0.3 is 0 Å². The first-order valence-electron chi connectivity index (χ1n) is 8.42. The Bertz CT molecular complexity index is 1090. The number of benzene rings is 1. The van der Waals surface area contributed by atoms with Gasteiger partial charge in [-0.15, -0.1) is 11.3 Å². The lowest BCUT2D eigenvalue weighted by Gasteiger charge is -2.17. The number of thiophene rings is 1. The van der Waals surface area contributed by atoms with Crippen LogP contribution in [0.15, 0.2) is 29.3 Å². The van der Waals surface area contributed by atoms with Gasteiger partial charge in [-0.3, -0.25) is 14.2 Å². The van der Waals surface area contributed by atoms with Gasteiger partial charge >= 0.3 is 0 Å². The number of halogens is 2. The number of rotatable bonds is 3. The van der Waals surface area contributed by atoms with Crippen molar-refractivity contribution < 1.29 is 13.6 Å². The molecule has 134 valence electrons. The summed E-state index contributed by atoms with van der Waals surface area (Å²) in [6.45, 7) is 1.94. The zero-order valence-electron chi connectivity index (χ0n) is 14.1. The molecule has 0 bridgehead atoms. The third kappa shape index (κ3) is 2.86. The Morgan fingerprint density at radius 2 is 2.15 bits per heavy atom. The molecule has 0 saturated heterocycles. The minimum absolute atomic E-state index is 0.0251. The number of carbonyl (C=O) groups is 1. The molecule has 0 N–H and O–H groups in total. The van der Waals surface area contributed by atoms with E-state index < -0.39 is 17.4 Å². The summed E-state index contributed by atoms with van der Waals surface area (Å²) in [5.74, 6) is -1.98. The van der Waals surface area contributed by atoms with Crippen LogP contribution >= 0.6 is 11.3 Å². The molecule has 3 aromatic rings. The molecule has 0 unspecified atom stereocenters. The molecule has 2 aromatic heterocycles. The van der Waals surface area contributed by atoms with Crippen LogP contribution in [0.25, 0.3) is 10.2 Å². The first kappa shape index (κ1) is 17.0. The molecule has 1 aliphatic rings. The van der Waals surface area contributed by atoms with Crippen LogP contribution in [-0.4, -0.2) is 15.3 Å². The van der Waals surface area contributed by atoms with Crippen LogP contribution in [-0.2, 0) is 19.4 Å². The van der Waals surface area contributed by atoms with Crippen LogP contribution in [0.5, 0.6) is 0 Å². The predicted octanol–water partition coefficient (Wildman–Crippen LogP) is 3.74. The van der Waals surface area contributed by atoms with Crippen LogP contribution in [0.4, 0.5) is 8.78 Å². The molecule has 1 atom stereocenters.